The summed E-state index contributed by atoms with van der Waals surface area (Å²) in [5, 5.41) is 4.54. The molecule has 1 aliphatic rings. The smallest absolute Gasteiger partial charge is 0.339 e. The van der Waals surface area contributed by atoms with Gasteiger partial charge in [-0.3, -0.25) is 4.79 Å². The number of hydrogen-bond acceptors (Lipinski definition) is 5. The maximum Gasteiger partial charge on any atom is 0.339 e. The minimum absolute atomic E-state index is 0.308. The van der Waals surface area contributed by atoms with Crippen LogP contribution in [0.1, 0.15) is 34.1 Å². The Bertz CT molecular complexity index is 783. The van der Waals surface area contributed by atoms with E-state index < -0.39 is 5.97 Å². The van der Waals surface area contributed by atoms with E-state index in [1.807, 2.05) is 5.38 Å². The highest BCUT2D eigenvalue weighted by atomic mass is 32.1. The molecule has 5 nitrogen and oxygen atoms in total. The summed E-state index contributed by atoms with van der Waals surface area (Å²) in [6, 6.07) is 7.02. The first-order valence-electron chi connectivity index (χ1n) is 8.27. The van der Waals surface area contributed by atoms with Gasteiger partial charge in [-0.1, -0.05) is 13.0 Å². The number of methoxy groups -OCH3 is 1. The lowest BCUT2D eigenvalue weighted by Gasteiger charge is -2.18. The van der Waals surface area contributed by atoms with E-state index in [2.05, 4.69) is 12.2 Å². The Morgan fingerprint density at radius 2 is 2.20 bits per heavy atom. The second-order valence-corrected chi connectivity index (χ2v) is 7.22. The number of carbonyl (C=O) groups is 2. The zero-order chi connectivity index (χ0) is 17.8. The molecule has 1 amide bonds. The molecule has 2 aromatic rings. The number of benzene rings is 1. The number of hydrogen-bond donors (Lipinski definition) is 1. The molecule has 1 atom stereocenters. The number of amides is 1. The molecular weight excluding hydrogens is 338 g/mol. The Balaban J connectivity index is 1.56. The molecule has 0 saturated carbocycles. The van der Waals surface area contributed by atoms with Crippen molar-refractivity contribution in [1.82, 2.24) is 0 Å². The summed E-state index contributed by atoms with van der Waals surface area (Å²) in [6.07, 6.45) is 3.00. The molecule has 1 heterocycles. The predicted molar refractivity (Wildman–Crippen MR) is 97.4 cm³/mol. The van der Waals surface area contributed by atoms with Crippen LogP contribution in [0.25, 0.3) is 0 Å². The van der Waals surface area contributed by atoms with Crippen LogP contribution >= 0.6 is 11.3 Å². The second kappa shape index (κ2) is 7.70. The van der Waals surface area contributed by atoms with Crippen molar-refractivity contribution >= 4 is 28.9 Å². The maximum absolute atomic E-state index is 12.3. The summed E-state index contributed by atoms with van der Waals surface area (Å²) >= 11 is 1.61. The molecule has 0 fully saturated rings. The first kappa shape index (κ1) is 17.5. The molecule has 0 bridgehead atoms. The highest BCUT2D eigenvalue weighted by Crippen LogP contribution is 2.33. The number of anilines is 1. The van der Waals surface area contributed by atoms with Crippen LogP contribution in [0.2, 0.25) is 0 Å². The highest BCUT2D eigenvalue weighted by molar-refractivity contribution is 7.10. The fourth-order valence-electron chi connectivity index (χ4n) is 2.96. The average Bonchev–Trinajstić information content (AvgIpc) is 3.03. The molecule has 1 aliphatic carbocycles. The topological polar surface area (TPSA) is 64.6 Å². The molecule has 3 rings (SSSR count). The van der Waals surface area contributed by atoms with E-state index in [0.717, 1.165) is 24.8 Å². The van der Waals surface area contributed by atoms with Crippen molar-refractivity contribution in [2.45, 2.75) is 26.2 Å². The van der Waals surface area contributed by atoms with E-state index in [1.165, 1.54) is 4.88 Å². The van der Waals surface area contributed by atoms with E-state index in [9.17, 15) is 9.59 Å². The lowest BCUT2D eigenvalue weighted by molar-refractivity contribution is -0.119. The molecule has 1 aromatic carbocycles. The van der Waals surface area contributed by atoms with Crippen molar-refractivity contribution in [2.75, 3.05) is 19.0 Å². The van der Waals surface area contributed by atoms with Crippen LogP contribution in [-0.2, 0) is 22.4 Å². The van der Waals surface area contributed by atoms with Gasteiger partial charge in [0.1, 0.15) is 5.75 Å². The molecule has 0 saturated heterocycles. The van der Waals surface area contributed by atoms with E-state index >= 15 is 0 Å². The summed E-state index contributed by atoms with van der Waals surface area (Å²) in [5.74, 6) is 0.504. The number of carbonyl (C=O) groups excluding carboxylic acids is 2. The predicted octanol–water partition coefficient (Wildman–Crippen LogP) is 3.68. The molecular formula is C19H21NO4S. The summed E-state index contributed by atoms with van der Waals surface area (Å²) in [6.45, 7) is 1.92. The molecule has 1 N–H and O–H groups in total. The highest BCUT2D eigenvalue weighted by Gasteiger charge is 2.24. The number of thiophene rings is 1. The normalized spacial score (nSPS) is 16.0. The number of nitrogens with one attached hydrogen (secondary N) is 1. The molecule has 1 unspecified atom stereocenters. The average molecular weight is 359 g/mol. The summed E-state index contributed by atoms with van der Waals surface area (Å²) < 4.78 is 10.3. The van der Waals surface area contributed by atoms with Crippen molar-refractivity contribution < 1.29 is 19.1 Å². The molecule has 132 valence electrons. The van der Waals surface area contributed by atoms with Crippen LogP contribution < -0.4 is 10.1 Å². The Labute approximate surface area is 151 Å². The van der Waals surface area contributed by atoms with E-state index in [0.29, 0.717) is 22.9 Å². The zero-order valence-corrected chi connectivity index (χ0v) is 15.2. The van der Waals surface area contributed by atoms with Gasteiger partial charge in [-0.05, 0) is 42.9 Å². The third-order valence-corrected chi connectivity index (χ3v) is 5.36. The largest absolute Gasteiger partial charge is 0.497 e. The van der Waals surface area contributed by atoms with Gasteiger partial charge < -0.3 is 14.8 Å². The third-order valence-electron chi connectivity index (χ3n) is 4.31. The van der Waals surface area contributed by atoms with Crippen LogP contribution in [0.15, 0.2) is 29.6 Å². The van der Waals surface area contributed by atoms with Crippen molar-refractivity contribution in [2.24, 2.45) is 5.92 Å². The van der Waals surface area contributed by atoms with Gasteiger partial charge in [0.15, 0.2) is 6.61 Å². The number of fused-ring (bicyclic) bond motifs is 1. The molecule has 0 radical (unpaired) electrons. The maximum atomic E-state index is 12.3. The van der Waals surface area contributed by atoms with Crippen LogP contribution in [-0.4, -0.2) is 25.6 Å². The van der Waals surface area contributed by atoms with Crippen molar-refractivity contribution in [1.29, 1.82) is 0 Å². The Kier molecular flexibility index (Phi) is 5.38. The lowest BCUT2D eigenvalue weighted by atomic mass is 9.88. The van der Waals surface area contributed by atoms with Gasteiger partial charge >= 0.3 is 5.97 Å². The SMILES string of the molecule is COc1cccc(NC(=O)COC(=O)c2csc3c2CCC(C)C3)c1. The Morgan fingerprint density at radius 3 is 3.00 bits per heavy atom. The molecule has 1 aromatic heterocycles. The fourth-order valence-corrected chi connectivity index (χ4v) is 4.19. The van der Waals surface area contributed by atoms with E-state index in [4.69, 9.17) is 9.47 Å². The van der Waals surface area contributed by atoms with Crippen molar-refractivity contribution in [3.05, 3.63) is 45.6 Å². The first-order valence-corrected chi connectivity index (χ1v) is 9.15. The van der Waals surface area contributed by atoms with E-state index in [-0.39, 0.29) is 12.5 Å². The monoisotopic (exact) mass is 359 g/mol. The molecule has 25 heavy (non-hydrogen) atoms. The Hall–Kier alpha value is -2.34. The van der Waals surface area contributed by atoms with Gasteiger partial charge in [-0.25, -0.2) is 4.79 Å². The van der Waals surface area contributed by atoms with Crippen LogP contribution in [0.3, 0.4) is 0 Å². The van der Waals surface area contributed by atoms with Gasteiger partial charge in [-0.15, -0.1) is 11.3 Å². The zero-order valence-electron chi connectivity index (χ0n) is 14.3. The van der Waals surface area contributed by atoms with Gasteiger partial charge in [0.05, 0.1) is 12.7 Å². The minimum atomic E-state index is -0.423. The first-order chi connectivity index (χ1) is 12.1. The molecule has 6 heteroatoms. The van der Waals surface area contributed by atoms with Crippen molar-refractivity contribution in [3.8, 4) is 5.75 Å². The summed E-state index contributed by atoms with van der Waals surface area (Å²) in [4.78, 5) is 25.6. The Morgan fingerprint density at radius 1 is 1.36 bits per heavy atom. The molecule has 0 aliphatic heterocycles. The standard InChI is InChI=1S/C19H21NO4S/c1-12-6-7-15-16(11-25-17(15)8-12)19(22)24-10-18(21)20-13-4-3-5-14(9-13)23-2/h3-5,9,11-12H,6-8,10H2,1-2H3,(H,20,21). The van der Waals surface area contributed by atoms with Gasteiger partial charge in [0.25, 0.3) is 5.91 Å². The fraction of sp³-hybridized carbons (Fsp3) is 0.368. The van der Waals surface area contributed by atoms with Crippen molar-refractivity contribution in [3.63, 3.8) is 0 Å². The molecule has 0 spiro atoms. The number of esters is 1. The minimum Gasteiger partial charge on any atom is -0.497 e. The number of rotatable bonds is 5. The van der Waals surface area contributed by atoms with Crippen LogP contribution in [0.4, 0.5) is 5.69 Å². The van der Waals surface area contributed by atoms with Gasteiger partial charge in [-0.2, -0.15) is 0 Å². The number of ether oxygens (including phenoxy) is 2. The van der Waals surface area contributed by atoms with Crippen LogP contribution in [0.5, 0.6) is 5.75 Å². The van der Waals surface area contributed by atoms with Gasteiger partial charge in [0, 0.05) is 22.0 Å². The quantitative estimate of drug-likeness (QED) is 0.827. The lowest BCUT2D eigenvalue weighted by Crippen LogP contribution is -2.21. The van der Waals surface area contributed by atoms with Gasteiger partial charge in [0.2, 0.25) is 0 Å². The third kappa shape index (κ3) is 4.20. The summed E-state index contributed by atoms with van der Waals surface area (Å²) in [7, 11) is 1.56. The van der Waals surface area contributed by atoms with Crippen LogP contribution in [0, 0.1) is 5.92 Å². The summed E-state index contributed by atoms with van der Waals surface area (Å²) in [5.41, 5.74) is 2.31. The second-order valence-electron chi connectivity index (χ2n) is 6.26. The van der Waals surface area contributed by atoms with E-state index in [1.54, 1.807) is 42.7 Å².